The Labute approximate surface area is 154 Å². The first-order valence-corrected chi connectivity index (χ1v) is 9.41. The van der Waals surface area contributed by atoms with Crippen LogP contribution in [0.25, 0.3) is 0 Å². The summed E-state index contributed by atoms with van der Waals surface area (Å²) in [5.41, 5.74) is 1.74. The molecule has 0 aliphatic heterocycles. The number of ether oxygens (including phenoxy) is 1. The molecule has 2 rings (SSSR count). The van der Waals surface area contributed by atoms with Crippen molar-refractivity contribution in [2.24, 2.45) is 0 Å². The standard InChI is InChI=1S/C20H28N2O4/c1-2-15-8-6-7-11-17(15)22-19(24)14-26-20(25)13-12-18(23)21-16-9-4-3-5-10-16/h6-8,11,16H,2-5,9-10,12-14H2,1H3,(H,21,23)(H,22,24). The van der Waals surface area contributed by atoms with Gasteiger partial charge in [-0.25, -0.2) is 0 Å². The Balaban J connectivity index is 1.64. The van der Waals surface area contributed by atoms with E-state index in [1.165, 1.54) is 6.42 Å². The number of nitrogens with one attached hydrogen (secondary N) is 2. The molecule has 2 N–H and O–H groups in total. The maximum Gasteiger partial charge on any atom is 0.306 e. The Morgan fingerprint density at radius 3 is 2.50 bits per heavy atom. The summed E-state index contributed by atoms with van der Waals surface area (Å²) in [6, 6.07) is 7.73. The molecule has 1 aromatic rings. The van der Waals surface area contributed by atoms with Gasteiger partial charge in [0.25, 0.3) is 5.91 Å². The second-order valence-corrected chi connectivity index (χ2v) is 6.62. The van der Waals surface area contributed by atoms with E-state index in [0.29, 0.717) is 0 Å². The minimum atomic E-state index is -0.539. The number of hydrogen-bond acceptors (Lipinski definition) is 4. The summed E-state index contributed by atoms with van der Waals surface area (Å²) in [4.78, 5) is 35.5. The van der Waals surface area contributed by atoms with E-state index in [4.69, 9.17) is 4.74 Å². The zero-order chi connectivity index (χ0) is 18.8. The van der Waals surface area contributed by atoms with Crippen LogP contribution in [0.2, 0.25) is 0 Å². The maximum absolute atomic E-state index is 11.9. The highest BCUT2D eigenvalue weighted by molar-refractivity contribution is 5.93. The van der Waals surface area contributed by atoms with Crippen molar-refractivity contribution < 1.29 is 19.1 Å². The molecule has 0 atom stereocenters. The predicted molar refractivity (Wildman–Crippen MR) is 99.7 cm³/mol. The molecule has 0 unspecified atom stereocenters. The van der Waals surface area contributed by atoms with Gasteiger partial charge in [0.15, 0.2) is 6.61 Å². The molecule has 0 aromatic heterocycles. The van der Waals surface area contributed by atoms with E-state index in [1.807, 2.05) is 31.2 Å². The second kappa shape index (κ2) is 10.6. The number of aryl methyl sites for hydroxylation is 1. The number of rotatable bonds is 8. The highest BCUT2D eigenvalue weighted by Crippen LogP contribution is 2.17. The van der Waals surface area contributed by atoms with E-state index in [9.17, 15) is 14.4 Å². The first-order valence-electron chi connectivity index (χ1n) is 9.41. The molecule has 0 heterocycles. The summed E-state index contributed by atoms with van der Waals surface area (Å²) < 4.78 is 4.96. The van der Waals surface area contributed by atoms with Crippen molar-refractivity contribution in [1.82, 2.24) is 5.32 Å². The first kappa shape index (κ1) is 19.9. The van der Waals surface area contributed by atoms with Gasteiger partial charge < -0.3 is 15.4 Å². The molecule has 1 saturated carbocycles. The van der Waals surface area contributed by atoms with E-state index in [2.05, 4.69) is 10.6 Å². The van der Waals surface area contributed by atoms with Gasteiger partial charge in [-0.15, -0.1) is 0 Å². The zero-order valence-electron chi connectivity index (χ0n) is 15.4. The van der Waals surface area contributed by atoms with Gasteiger partial charge in [0, 0.05) is 18.2 Å². The third-order valence-electron chi connectivity index (χ3n) is 4.56. The lowest BCUT2D eigenvalue weighted by molar-refractivity contribution is -0.148. The van der Waals surface area contributed by atoms with Crippen LogP contribution in [0.15, 0.2) is 24.3 Å². The highest BCUT2D eigenvalue weighted by Gasteiger charge is 2.17. The van der Waals surface area contributed by atoms with Crippen molar-refractivity contribution in [3.63, 3.8) is 0 Å². The molecule has 0 radical (unpaired) electrons. The molecule has 1 aliphatic carbocycles. The SMILES string of the molecule is CCc1ccccc1NC(=O)COC(=O)CCC(=O)NC1CCCCC1. The Bertz CT molecular complexity index is 624. The fourth-order valence-corrected chi connectivity index (χ4v) is 3.12. The number of anilines is 1. The van der Waals surface area contributed by atoms with Crippen molar-refractivity contribution in [2.75, 3.05) is 11.9 Å². The van der Waals surface area contributed by atoms with Crippen LogP contribution in [0.4, 0.5) is 5.69 Å². The van der Waals surface area contributed by atoms with Crippen LogP contribution in [0, 0.1) is 0 Å². The highest BCUT2D eigenvalue weighted by atomic mass is 16.5. The first-order chi connectivity index (χ1) is 12.6. The van der Waals surface area contributed by atoms with Crippen LogP contribution >= 0.6 is 0 Å². The molecule has 0 saturated heterocycles. The van der Waals surface area contributed by atoms with Crippen LogP contribution in [-0.4, -0.2) is 30.4 Å². The number of carbonyl (C=O) groups excluding carboxylic acids is 3. The second-order valence-electron chi connectivity index (χ2n) is 6.62. The molecule has 6 heteroatoms. The maximum atomic E-state index is 11.9. The summed E-state index contributed by atoms with van der Waals surface area (Å²) in [5, 5.41) is 5.70. The van der Waals surface area contributed by atoms with Crippen LogP contribution in [0.3, 0.4) is 0 Å². The Morgan fingerprint density at radius 2 is 1.77 bits per heavy atom. The van der Waals surface area contributed by atoms with Crippen LogP contribution in [0.1, 0.15) is 57.4 Å². The van der Waals surface area contributed by atoms with E-state index < -0.39 is 5.97 Å². The summed E-state index contributed by atoms with van der Waals surface area (Å²) >= 11 is 0. The van der Waals surface area contributed by atoms with Gasteiger partial charge in [-0.3, -0.25) is 14.4 Å². The monoisotopic (exact) mass is 360 g/mol. The number of amides is 2. The van der Waals surface area contributed by atoms with Gasteiger partial charge in [-0.05, 0) is 30.9 Å². The van der Waals surface area contributed by atoms with Crippen LogP contribution < -0.4 is 10.6 Å². The number of esters is 1. The third-order valence-corrected chi connectivity index (χ3v) is 4.56. The number of hydrogen-bond donors (Lipinski definition) is 2. The molecule has 0 bridgehead atoms. The normalized spacial score (nSPS) is 14.5. The van der Waals surface area contributed by atoms with Gasteiger partial charge in [0.05, 0.1) is 6.42 Å². The van der Waals surface area contributed by atoms with Crippen molar-refractivity contribution in [2.45, 2.75) is 64.3 Å². The van der Waals surface area contributed by atoms with Gasteiger partial charge in [-0.2, -0.15) is 0 Å². The van der Waals surface area contributed by atoms with Gasteiger partial charge in [0.1, 0.15) is 0 Å². The fourth-order valence-electron chi connectivity index (χ4n) is 3.12. The van der Waals surface area contributed by atoms with Crippen molar-refractivity contribution >= 4 is 23.5 Å². The average Bonchev–Trinajstić information content (AvgIpc) is 2.66. The molecule has 2 amide bonds. The minimum Gasteiger partial charge on any atom is -0.456 e. The number of carbonyl (C=O) groups is 3. The molecular weight excluding hydrogens is 332 g/mol. The zero-order valence-corrected chi connectivity index (χ0v) is 15.4. The summed E-state index contributed by atoms with van der Waals surface area (Å²) in [7, 11) is 0. The largest absolute Gasteiger partial charge is 0.456 e. The number of para-hydroxylation sites is 1. The van der Waals surface area contributed by atoms with Crippen LogP contribution in [0.5, 0.6) is 0 Å². The van der Waals surface area contributed by atoms with Gasteiger partial charge in [0.2, 0.25) is 5.91 Å². The lowest BCUT2D eigenvalue weighted by Gasteiger charge is -2.22. The Kier molecular flexibility index (Phi) is 8.12. The smallest absolute Gasteiger partial charge is 0.306 e. The van der Waals surface area contributed by atoms with Gasteiger partial charge in [-0.1, -0.05) is 44.4 Å². The Morgan fingerprint density at radius 1 is 1.04 bits per heavy atom. The molecular formula is C20H28N2O4. The van der Waals surface area contributed by atoms with E-state index in [1.54, 1.807) is 0 Å². The quantitative estimate of drug-likeness (QED) is 0.698. The minimum absolute atomic E-state index is 0.0165. The van der Waals surface area contributed by atoms with E-state index >= 15 is 0 Å². The van der Waals surface area contributed by atoms with Crippen molar-refractivity contribution in [1.29, 1.82) is 0 Å². The van der Waals surface area contributed by atoms with Crippen molar-refractivity contribution in [3.8, 4) is 0 Å². The lowest BCUT2D eigenvalue weighted by Crippen LogP contribution is -2.36. The molecule has 0 spiro atoms. The number of benzene rings is 1. The molecule has 6 nitrogen and oxygen atoms in total. The lowest BCUT2D eigenvalue weighted by atomic mass is 9.95. The topological polar surface area (TPSA) is 84.5 Å². The van der Waals surface area contributed by atoms with E-state index in [0.717, 1.165) is 43.4 Å². The molecule has 1 fully saturated rings. The van der Waals surface area contributed by atoms with E-state index in [-0.39, 0.29) is 37.3 Å². The molecule has 26 heavy (non-hydrogen) atoms. The third kappa shape index (κ3) is 6.86. The van der Waals surface area contributed by atoms with Crippen LogP contribution in [-0.2, 0) is 25.5 Å². The summed E-state index contributed by atoms with van der Waals surface area (Å²) in [6.07, 6.45) is 6.40. The molecule has 142 valence electrons. The van der Waals surface area contributed by atoms with Gasteiger partial charge >= 0.3 is 5.97 Å². The predicted octanol–water partition coefficient (Wildman–Crippen LogP) is 2.96. The Hall–Kier alpha value is -2.37. The van der Waals surface area contributed by atoms with Crippen molar-refractivity contribution in [3.05, 3.63) is 29.8 Å². The average molecular weight is 360 g/mol. The molecule has 1 aliphatic rings. The molecule has 1 aromatic carbocycles. The summed E-state index contributed by atoms with van der Waals surface area (Å²) in [6.45, 7) is 1.66. The fraction of sp³-hybridized carbons (Fsp3) is 0.550. The summed E-state index contributed by atoms with van der Waals surface area (Å²) in [5.74, 6) is -1.05.